The molecule has 2 N–H and O–H groups in total. The van der Waals surface area contributed by atoms with E-state index in [1.54, 1.807) is 7.11 Å². The van der Waals surface area contributed by atoms with E-state index >= 15 is 0 Å². The van der Waals surface area contributed by atoms with E-state index in [0.717, 1.165) is 6.20 Å². The summed E-state index contributed by atoms with van der Waals surface area (Å²) in [6.07, 6.45) is 1.10. The first kappa shape index (κ1) is 10.9. The third-order valence-corrected chi connectivity index (χ3v) is 1.64. The molecular formula is C9H13FN2O2. The molecule has 0 unspecified atom stereocenters. The summed E-state index contributed by atoms with van der Waals surface area (Å²) in [6.45, 7) is 1.04. The van der Waals surface area contributed by atoms with E-state index in [2.05, 4.69) is 4.98 Å². The van der Waals surface area contributed by atoms with Gasteiger partial charge in [0.05, 0.1) is 12.8 Å². The maximum absolute atomic E-state index is 12.7. The lowest BCUT2D eigenvalue weighted by atomic mass is 10.3. The van der Waals surface area contributed by atoms with Crippen LogP contribution in [-0.2, 0) is 11.3 Å². The third kappa shape index (κ3) is 2.93. The van der Waals surface area contributed by atoms with Gasteiger partial charge in [-0.2, -0.15) is 0 Å². The zero-order valence-electron chi connectivity index (χ0n) is 8.00. The van der Waals surface area contributed by atoms with Gasteiger partial charge >= 0.3 is 0 Å². The second kappa shape index (κ2) is 5.51. The van der Waals surface area contributed by atoms with Gasteiger partial charge in [-0.15, -0.1) is 0 Å². The number of nitrogens with zero attached hydrogens (tertiary/aromatic N) is 1. The average molecular weight is 200 g/mol. The lowest BCUT2D eigenvalue weighted by Crippen LogP contribution is -2.09. The number of ether oxygens (including phenoxy) is 2. The Labute approximate surface area is 81.8 Å². The van der Waals surface area contributed by atoms with E-state index in [4.69, 9.17) is 15.2 Å². The zero-order chi connectivity index (χ0) is 10.4. The lowest BCUT2D eigenvalue weighted by molar-refractivity contribution is 0.143. The van der Waals surface area contributed by atoms with Crippen molar-refractivity contribution >= 4 is 0 Å². The second-order valence-electron chi connectivity index (χ2n) is 2.66. The van der Waals surface area contributed by atoms with E-state index in [-0.39, 0.29) is 6.54 Å². The predicted molar refractivity (Wildman–Crippen MR) is 49.5 cm³/mol. The molecule has 0 atom stereocenters. The molecule has 14 heavy (non-hydrogen) atoms. The Morgan fingerprint density at radius 3 is 2.93 bits per heavy atom. The van der Waals surface area contributed by atoms with Gasteiger partial charge in [0.15, 0.2) is 0 Å². The maximum atomic E-state index is 12.7. The van der Waals surface area contributed by atoms with E-state index in [0.29, 0.717) is 24.7 Å². The molecule has 0 amide bonds. The number of nitrogens with two attached hydrogens (primary N) is 1. The molecule has 0 spiro atoms. The topological polar surface area (TPSA) is 57.4 Å². The molecule has 0 bridgehead atoms. The molecule has 1 heterocycles. The molecule has 0 radical (unpaired) electrons. The van der Waals surface area contributed by atoms with Crippen molar-refractivity contribution in [2.75, 3.05) is 20.3 Å². The van der Waals surface area contributed by atoms with E-state index in [9.17, 15) is 4.39 Å². The Kier molecular flexibility index (Phi) is 4.28. The van der Waals surface area contributed by atoms with Gasteiger partial charge in [0.1, 0.15) is 12.4 Å². The van der Waals surface area contributed by atoms with E-state index < -0.39 is 5.82 Å². The van der Waals surface area contributed by atoms with Crippen LogP contribution in [0.3, 0.4) is 0 Å². The summed E-state index contributed by atoms with van der Waals surface area (Å²) in [6, 6.07) is 1.31. The van der Waals surface area contributed by atoms with Crippen molar-refractivity contribution in [3.05, 3.63) is 23.6 Å². The first-order valence-electron chi connectivity index (χ1n) is 4.24. The largest absolute Gasteiger partial charge is 0.475 e. The van der Waals surface area contributed by atoms with Crippen molar-refractivity contribution in [3.8, 4) is 5.88 Å². The number of aromatic nitrogens is 1. The summed E-state index contributed by atoms with van der Waals surface area (Å²) >= 11 is 0. The van der Waals surface area contributed by atoms with Crippen LogP contribution in [0.15, 0.2) is 12.3 Å². The highest BCUT2D eigenvalue weighted by Gasteiger charge is 2.05. The summed E-state index contributed by atoms with van der Waals surface area (Å²) < 4.78 is 22.8. The van der Waals surface area contributed by atoms with Crippen molar-refractivity contribution < 1.29 is 13.9 Å². The molecule has 0 fully saturated rings. The average Bonchev–Trinajstić information content (AvgIpc) is 2.20. The van der Waals surface area contributed by atoms with Crippen LogP contribution in [-0.4, -0.2) is 25.3 Å². The highest BCUT2D eigenvalue weighted by Crippen LogP contribution is 2.14. The fraction of sp³-hybridized carbons (Fsp3) is 0.444. The first-order valence-corrected chi connectivity index (χ1v) is 4.24. The normalized spacial score (nSPS) is 10.2. The summed E-state index contributed by atoms with van der Waals surface area (Å²) in [5.74, 6) is -0.0458. The van der Waals surface area contributed by atoms with Crippen LogP contribution in [0.25, 0.3) is 0 Å². The molecule has 0 saturated carbocycles. The summed E-state index contributed by atoms with van der Waals surface area (Å²) in [4.78, 5) is 3.79. The molecule has 4 nitrogen and oxygen atoms in total. The van der Waals surface area contributed by atoms with Crippen molar-refractivity contribution in [1.82, 2.24) is 4.98 Å². The van der Waals surface area contributed by atoms with Crippen LogP contribution in [0, 0.1) is 5.82 Å². The maximum Gasteiger partial charge on any atom is 0.218 e. The molecule has 1 aromatic rings. The first-order chi connectivity index (χ1) is 6.77. The summed E-state index contributed by atoms with van der Waals surface area (Å²) in [5, 5.41) is 0. The number of hydrogen-bond acceptors (Lipinski definition) is 4. The highest BCUT2D eigenvalue weighted by atomic mass is 19.1. The van der Waals surface area contributed by atoms with Gasteiger partial charge in [-0.3, -0.25) is 0 Å². The second-order valence-corrected chi connectivity index (χ2v) is 2.66. The molecule has 0 saturated heterocycles. The summed E-state index contributed by atoms with van der Waals surface area (Å²) in [5.41, 5.74) is 5.96. The van der Waals surface area contributed by atoms with Gasteiger partial charge in [-0.1, -0.05) is 0 Å². The number of methoxy groups -OCH3 is 1. The Morgan fingerprint density at radius 1 is 1.50 bits per heavy atom. The Hall–Kier alpha value is -1.20. The summed E-state index contributed by atoms with van der Waals surface area (Å²) in [7, 11) is 1.57. The van der Waals surface area contributed by atoms with Crippen molar-refractivity contribution in [1.29, 1.82) is 0 Å². The van der Waals surface area contributed by atoms with E-state index in [1.165, 1.54) is 6.07 Å². The zero-order valence-corrected chi connectivity index (χ0v) is 8.00. The Morgan fingerprint density at radius 2 is 2.29 bits per heavy atom. The van der Waals surface area contributed by atoms with Crippen LogP contribution in [0.1, 0.15) is 5.56 Å². The molecule has 0 aliphatic heterocycles. The molecule has 78 valence electrons. The molecule has 0 aromatic carbocycles. The van der Waals surface area contributed by atoms with Crippen molar-refractivity contribution in [3.63, 3.8) is 0 Å². The van der Waals surface area contributed by atoms with Gasteiger partial charge in [-0.05, 0) is 6.07 Å². The quantitative estimate of drug-likeness (QED) is 0.711. The van der Waals surface area contributed by atoms with Crippen molar-refractivity contribution in [2.24, 2.45) is 5.73 Å². The number of halogens is 1. The van der Waals surface area contributed by atoms with Crippen molar-refractivity contribution in [2.45, 2.75) is 6.54 Å². The van der Waals surface area contributed by atoms with Crippen LogP contribution < -0.4 is 10.5 Å². The van der Waals surface area contributed by atoms with Gasteiger partial charge in [0.25, 0.3) is 0 Å². The minimum atomic E-state index is -0.412. The van der Waals surface area contributed by atoms with Gasteiger partial charge in [-0.25, -0.2) is 9.37 Å². The molecular weight excluding hydrogens is 187 g/mol. The van der Waals surface area contributed by atoms with Crippen LogP contribution in [0.5, 0.6) is 5.88 Å². The van der Waals surface area contributed by atoms with Crippen LogP contribution in [0.2, 0.25) is 0 Å². The van der Waals surface area contributed by atoms with Gasteiger partial charge < -0.3 is 15.2 Å². The number of pyridine rings is 1. The third-order valence-electron chi connectivity index (χ3n) is 1.64. The highest BCUT2D eigenvalue weighted by molar-refractivity contribution is 5.25. The molecule has 1 rings (SSSR count). The fourth-order valence-electron chi connectivity index (χ4n) is 0.967. The predicted octanol–water partition coefficient (Wildman–Crippen LogP) is 0.705. The Bertz CT molecular complexity index is 294. The molecule has 0 aliphatic carbocycles. The monoisotopic (exact) mass is 200 g/mol. The SMILES string of the molecule is COCCOc1ncc(F)cc1CN. The Balaban J connectivity index is 2.65. The smallest absolute Gasteiger partial charge is 0.218 e. The molecule has 1 aromatic heterocycles. The fourth-order valence-corrected chi connectivity index (χ4v) is 0.967. The molecule has 5 heteroatoms. The number of hydrogen-bond donors (Lipinski definition) is 1. The van der Waals surface area contributed by atoms with E-state index in [1.807, 2.05) is 0 Å². The lowest BCUT2D eigenvalue weighted by Gasteiger charge is -2.08. The van der Waals surface area contributed by atoms with Gasteiger partial charge in [0, 0.05) is 19.2 Å². The number of rotatable bonds is 5. The minimum Gasteiger partial charge on any atom is -0.475 e. The standard InChI is InChI=1S/C9H13FN2O2/c1-13-2-3-14-9-7(5-11)4-8(10)6-12-9/h4,6H,2-3,5,11H2,1H3. The van der Waals surface area contributed by atoms with Gasteiger partial charge in [0.2, 0.25) is 5.88 Å². The van der Waals surface area contributed by atoms with Crippen LogP contribution >= 0.6 is 0 Å². The minimum absolute atomic E-state index is 0.201. The van der Waals surface area contributed by atoms with Crippen LogP contribution in [0.4, 0.5) is 4.39 Å². The molecule has 0 aliphatic rings.